The molecule has 0 atom stereocenters. The molecule has 1 amide bonds. The molecule has 1 aliphatic heterocycles. The average molecular weight is 546 g/mol. The largest absolute Gasteiger partial charge is 0.493 e. The minimum absolute atomic E-state index is 0.0509. The highest BCUT2D eigenvalue weighted by Crippen LogP contribution is 2.28. The van der Waals surface area contributed by atoms with E-state index in [0.29, 0.717) is 35.9 Å². The molecular weight excluding hydrogens is 514 g/mol. The van der Waals surface area contributed by atoms with Gasteiger partial charge in [-0.15, -0.1) is 5.10 Å². The molecule has 0 radical (unpaired) electrons. The number of nitrogens with zero attached hydrogens (tertiary/aromatic N) is 7. The lowest BCUT2D eigenvalue weighted by molar-refractivity contribution is 0.0947. The second-order valence-electron chi connectivity index (χ2n) is 9.49. The van der Waals surface area contributed by atoms with Gasteiger partial charge in [0.2, 0.25) is 11.6 Å². The van der Waals surface area contributed by atoms with Crippen molar-refractivity contribution in [3.05, 3.63) is 70.5 Å². The number of likely N-dealkylation sites (tertiary alicyclic amines) is 1. The standard InChI is InChI=1S/C27H31N9O4/c1-18-6-8-19(9-7-18)17-39-22-11-10-20(14-23(22)38-2)15-29-31-27(37)24-21(16-35-12-4-3-5-13-35)36(34-30-24)26-25(28)32-40-33-26/h6-11,14-15H,3-5,12-13,16-17H2,1-2H3,(H2,28,32)(H,31,37)/b29-15-. The van der Waals surface area contributed by atoms with Gasteiger partial charge in [-0.25, -0.2) is 10.1 Å². The van der Waals surface area contributed by atoms with Crippen LogP contribution in [0.5, 0.6) is 11.5 Å². The van der Waals surface area contributed by atoms with Gasteiger partial charge in [-0.3, -0.25) is 9.69 Å². The Bertz CT molecular complexity index is 1470. The molecular formula is C27H31N9O4. The van der Waals surface area contributed by atoms with Gasteiger partial charge in [-0.05, 0) is 72.5 Å². The van der Waals surface area contributed by atoms with E-state index >= 15 is 0 Å². The number of aromatic nitrogens is 5. The van der Waals surface area contributed by atoms with Crippen LogP contribution < -0.4 is 20.6 Å². The molecule has 3 N–H and O–H groups in total. The van der Waals surface area contributed by atoms with Crippen LogP contribution >= 0.6 is 0 Å². The molecule has 13 heteroatoms. The molecule has 0 saturated carbocycles. The lowest BCUT2D eigenvalue weighted by Crippen LogP contribution is -2.31. The van der Waals surface area contributed by atoms with Gasteiger partial charge in [0.15, 0.2) is 17.2 Å². The number of rotatable bonds is 10. The summed E-state index contributed by atoms with van der Waals surface area (Å²) < 4.78 is 17.6. The summed E-state index contributed by atoms with van der Waals surface area (Å²) in [5, 5.41) is 19.7. The minimum atomic E-state index is -0.519. The third-order valence-electron chi connectivity index (χ3n) is 6.58. The quantitative estimate of drug-likeness (QED) is 0.224. The topological polar surface area (TPSA) is 159 Å². The van der Waals surface area contributed by atoms with Crippen molar-refractivity contribution < 1.29 is 18.9 Å². The van der Waals surface area contributed by atoms with Crippen LogP contribution in [-0.2, 0) is 13.2 Å². The first-order chi connectivity index (χ1) is 19.5. The van der Waals surface area contributed by atoms with Gasteiger partial charge in [-0.1, -0.05) is 41.5 Å². The number of aryl methyl sites for hydroxylation is 1. The molecule has 13 nitrogen and oxygen atoms in total. The van der Waals surface area contributed by atoms with Crippen LogP contribution in [0.3, 0.4) is 0 Å². The number of carbonyl (C=O) groups excluding carboxylic acids is 1. The number of hydrogen-bond acceptors (Lipinski definition) is 11. The number of nitrogens with two attached hydrogens (primary N) is 1. The van der Waals surface area contributed by atoms with Gasteiger partial charge in [0.1, 0.15) is 6.61 Å². The van der Waals surface area contributed by atoms with Gasteiger partial charge >= 0.3 is 0 Å². The summed E-state index contributed by atoms with van der Waals surface area (Å²) in [6, 6.07) is 13.5. The predicted molar refractivity (Wildman–Crippen MR) is 146 cm³/mol. The fourth-order valence-corrected chi connectivity index (χ4v) is 4.40. The Morgan fingerprint density at radius 3 is 2.65 bits per heavy atom. The Morgan fingerprint density at radius 1 is 1.12 bits per heavy atom. The van der Waals surface area contributed by atoms with Crippen LogP contribution in [0.4, 0.5) is 5.82 Å². The Balaban J connectivity index is 1.28. The third kappa shape index (κ3) is 6.26. The molecule has 0 spiro atoms. The van der Waals surface area contributed by atoms with E-state index < -0.39 is 5.91 Å². The average Bonchev–Trinajstić information content (AvgIpc) is 3.59. The number of methoxy groups -OCH3 is 1. The maximum Gasteiger partial charge on any atom is 0.293 e. The number of benzene rings is 2. The normalized spacial score (nSPS) is 13.9. The monoisotopic (exact) mass is 545 g/mol. The number of nitrogen functional groups attached to an aromatic ring is 1. The number of nitrogens with one attached hydrogen (secondary N) is 1. The SMILES string of the molecule is COc1cc(/C=N\NC(=O)c2nnn(-c3nonc3N)c2CN2CCCCC2)ccc1OCc1ccc(C)cc1. The van der Waals surface area contributed by atoms with E-state index in [1.54, 1.807) is 19.2 Å². The third-order valence-corrected chi connectivity index (χ3v) is 6.58. The van der Waals surface area contributed by atoms with E-state index in [4.69, 9.17) is 19.8 Å². The molecule has 1 fully saturated rings. The predicted octanol–water partition coefficient (Wildman–Crippen LogP) is 2.88. The van der Waals surface area contributed by atoms with Crippen LogP contribution in [0.25, 0.3) is 5.82 Å². The molecule has 3 heterocycles. The van der Waals surface area contributed by atoms with Crippen LogP contribution in [0.2, 0.25) is 0 Å². The molecule has 5 rings (SSSR count). The Labute approximate surface area is 230 Å². The number of amides is 1. The van der Waals surface area contributed by atoms with Gasteiger partial charge in [0, 0.05) is 6.54 Å². The first-order valence-electron chi connectivity index (χ1n) is 13.0. The highest BCUT2D eigenvalue weighted by atomic mass is 16.6. The number of carbonyl (C=O) groups is 1. The number of anilines is 1. The molecule has 0 bridgehead atoms. The number of ether oxygens (including phenoxy) is 2. The molecule has 0 aliphatic carbocycles. The zero-order valence-electron chi connectivity index (χ0n) is 22.4. The van der Waals surface area contributed by atoms with Crippen molar-refractivity contribution in [2.24, 2.45) is 5.10 Å². The maximum absolute atomic E-state index is 13.1. The number of hydrazone groups is 1. The van der Waals surface area contributed by atoms with E-state index in [1.807, 2.05) is 37.3 Å². The van der Waals surface area contributed by atoms with Gasteiger partial charge in [0.05, 0.1) is 19.0 Å². The zero-order valence-corrected chi connectivity index (χ0v) is 22.4. The number of hydrogen-bond donors (Lipinski definition) is 2. The van der Waals surface area contributed by atoms with Crippen molar-refractivity contribution in [2.75, 3.05) is 25.9 Å². The fraction of sp³-hybridized carbons (Fsp3) is 0.333. The smallest absolute Gasteiger partial charge is 0.293 e. The van der Waals surface area contributed by atoms with Gasteiger partial charge < -0.3 is 15.2 Å². The van der Waals surface area contributed by atoms with E-state index in [2.05, 4.69) is 36.1 Å². The lowest BCUT2D eigenvalue weighted by atomic mass is 10.1. The van der Waals surface area contributed by atoms with E-state index in [9.17, 15) is 4.79 Å². The van der Waals surface area contributed by atoms with Crippen molar-refractivity contribution in [3.63, 3.8) is 0 Å². The molecule has 2 aromatic carbocycles. The minimum Gasteiger partial charge on any atom is -0.493 e. The van der Waals surface area contributed by atoms with E-state index in [-0.39, 0.29) is 17.3 Å². The molecule has 40 heavy (non-hydrogen) atoms. The Kier molecular flexibility index (Phi) is 8.30. The van der Waals surface area contributed by atoms with Crippen molar-refractivity contribution in [1.82, 2.24) is 35.6 Å². The van der Waals surface area contributed by atoms with Crippen molar-refractivity contribution in [2.45, 2.75) is 39.3 Å². The number of piperidine rings is 1. The van der Waals surface area contributed by atoms with Crippen molar-refractivity contribution in [3.8, 4) is 17.3 Å². The Hall–Kier alpha value is -4.78. The highest BCUT2D eigenvalue weighted by molar-refractivity contribution is 5.94. The van der Waals surface area contributed by atoms with Gasteiger partial charge in [0.25, 0.3) is 5.91 Å². The summed E-state index contributed by atoms with van der Waals surface area (Å²) in [4.78, 5) is 15.3. The van der Waals surface area contributed by atoms with Crippen LogP contribution in [0, 0.1) is 6.92 Å². The first-order valence-corrected chi connectivity index (χ1v) is 13.0. The highest BCUT2D eigenvalue weighted by Gasteiger charge is 2.26. The van der Waals surface area contributed by atoms with E-state index in [1.165, 1.54) is 22.9 Å². The van der Waals surface area contributed by atoms with Crippen LogP contribution in [0.1, 0.15) is 52.1 Å². The van der Waals surface area contributed by atoms with E-state index in [0.717, 1.165) is 31.5 Å². The molecule has 2 aromatic heterocycles. The van der Waals surface area contributed by atoms with Crippen molar-refractivity contribution >= 4 is 17.9 Å². The molecule has 1 aliphatic rings. The first kappa shape index (κ1) is 26.8. The molecule has 1 saturated heterocycles. The van der Waals surface area contributed by atoms with Gasteiger partial charge in [-0.2, -0.15) is 9.78 Å². The summed E-state index contributed by atoms with van der Waals surface area (Å²) in [6.45, 7) is 4.71. The van der Waals surface area contributed by atoms with Crippen LogP contribution in [0.15, 0.2) is 52.2 Å². The van der Waals surface area contributed by atoms with Crippen LogP contribution in [-0.4, -0.2) is 62.5 Å². The molecule has 208 valence electrons. The molecule has 4 aromatic rings. The second kappa shape index (κ2) is 12.4. The van der Waals surface area contributed by atoms with Crippen molar-refractivity contribution in [1.29, 1.82) is 0 Å². The zero-order chi connectivity index (χ0) is 27.9. The summed E-state index contributed by atoms with van der Waals surface area (Å²) in [6.07, 6.45) is 4.86. The second-order valence-corrected chi connectivity index (χ2v) is 9.49. The fourth-order valence-electron chi connectivity index (χ4n) is 4.40. The molecule has 0 unspecified atom stereocenters. The maximum atomic E-state index is 13.1. The summed E-state index contributed by atoms with van der Waals surface area (Å²) in [7, 11) is 1.57. The Morgan fingerprint density at radius 2 is 1.93 bits per heavy atom. The summed E-state index contributed by atoms with van der Waals surface area (Å²) >= 11 is 0. The summed E-state index contributed by atoms with van der Waals surface area (Å²) in [5.74, 6) is 0.862. The summed E-state index contributed by atoms with van der Waals surface area (Å²) in [5.41, 5.74) is 12.0. The lowest BCUT2D eigenvalue weighted by Gasteiger charge is -2.26.